The number of ether oxygens (including phenoxy) is 2. The fourth-order valence-electron chi connectivity index (χ4n) is 4.51. The minimum atomic E-state index is -0.229. The van der Waals surface area contributed by atoms with Crippen molar-refractivity contribution in [3.63, 3.8) is 0 Å². The van der Waals surface area contributed by atoms with E-state index >= 15 is 0 Å². The van der Waals surface area contributed by atoms with Gasteiger partial charge in [0.1, 0.15) is 12.4 Å². The summed E-state index contributed by atoms with van der Waals surface area (Å²) in [5.74, 6) is 1.23. The summed E-state index contributed by atoms with van der Waals surface area (Å²) >= 11 is 0. The van der Waals surface area contributed by atoms with Gasteiger partial charge in [0.2, 0.25) is 0 Å². The van der Waals surface area contributed by atoms with Crippen molar-refractivity contribution in [2.45, 2.75) is 31.5 Å². The highest BCUT2D eigenvalue weighted by atomic mass is 35.5. The molecule has 2 aromatic carbocycles. The second kappa shape index (κ2) is 11.8. The number of rotatable bonds is 6. The van der Waals surface area contributed by atoms with E-state index in [1.807, 2.05) is 36.4 Å². The van der Waals surface area contributed by atoms with Crippen molar-refractivity contribution >= 4 is 24.8 Å². The van der Waals surface area contributed by atoms with Crippen LogP contribution in [-0.2, 0) is 11.2 Å². The molecule has 4 N–H and O–H groups in total. The van der Waals surface area contributed by atoms with Gasteiger partial charge in [-0.25, -0.2) is 0 Å². The van der Waals surface area contributed by atoms with Crippen molar-refractivity contribution in [2.24, 2.45) is 11.7 Å². The average molecular weight is 471 g/mol. The molecule has 0 saturated carbocycles. The van der Waals surface area contributed by atoms with Gasteiger partial charge in [0, 0.05) is 25.1 Å². The van der Waals surface area contributed by atoms with E-state index in [4.69, 9.17) is 15.2 Å². The topological polar surface area (TPSA) is 88.2 Å². The van der Waals surface area contributed by atoms with Crippen LogP contribution in [0.15, 0.2) is 42.5 Å². The van der Waals surface area contributed by atoms with Crippen LogP contribution in [0.4, 0.5) is 0 Å². The lowest BCUT2D eigenvalue weighted by atomic mass is 9.83. The van der Waals surface area contributed by atoms with Gasteiger partial charge in [-0.3, -0.25) is 4.90 Å². The third kappa shape index (κ3) is 5.96. The van der Waals surface area contributed by atoms with E-state index in [1.54, 1.807) is 0 Å². The molecule has 172 valence electrons. The molecule has 6 nitrogen and oxygen atoms in total. The van der Waals surface area contributed by atoms with Crippen LogP contribution in [0.5, 0.6) is 17.2 Å². The Bertz CT molecular complexity index is 817. The van der Waals surface area contributed by atoms with Crippen LogP contribution < -0.4 is 10.5 Å². The number of halogens is 2. The maximum atomic E-state index is 10.3. The first-order valence-electron chi connectivity index (χ1n) is 10.4. The monoisotopic (exact) mass is 470 g/mol. The molecule has 2 heterocycles. The van der Waals surface area contributed by atoms with Crippen LogP contribution in [0.3, 0.4) is 0 Å². The summed E-state index contributed by atoms with van der Waals surface area (Å²) in [6.07, 6.45) is 2.50. The summed E-state index contributed by atoms with van der Waals surface area (Å²) in [6.45, 7) is 3.98. The lowest BCUT2D eigenvalue weighted by Gasteiger charge is -2.40. The zero-order valence-corrected chi connectivity index (χ0v) is 19.1. The Hall–Kier alpha value is -1.70. The third-order valence-corrected chi connectivity index (χ3v) is 6.18. The summed E-state index contributed by atoms with van der Waals surface area (Å²) < 4.78 is 12.1. The van der Waals surface area contributed by atoms with Gasteiger partial charge in [-0.05, 0) is 55.6 Å². The predicted octanol–water partition coefficient (Wildman–Crippen LogP) is 3.67. The highest BCUT2D eigenvalue weighted by Crippen LogP contribution is 2.42. The third-order valence-electron chi connectivity index (χ3n) is 6.18. The van der Waals surface area contributed by atoms with Gasteiger partial charge in [-0.15, -0.1) is 24.8 Å². The molecule has 2 aliphatic heterocycles. The highest BCUT2D eigenvalue weighted by Gasteiger charge is 2.35. The van der Waals surface area contributed by atoms with Crippen molar-refractivity contribution in [3.05, 3.63) is 53.6 Å². The fourth-order valence-corrected chi connectivity index (χ4v) is 4.51. The van der Waals surface area contributed by atoms with Crippen molar-refractivity contribution in [3.8, 4) is 17.2 Å². The van der Waals surface area contributed by atoms with E-state index in [1.165, 1.54) is 6.07 Å². The van der Waals surface area contributed by atoms with Crippen LogP contribution in [0.2, 0.25) is 0 Å². The Morgan fingerprint density at radius 3 is 2.42 bits per heavy atom. The van der Waals surface area contributed by atoms with E-state index in [9.17, 15) is 10.2 Å². The van der Waals surface area contributed by atoms with Gasteiger partial charge in [0.25, 0.3) is 0 Å². The Kier molecular flexibility index (Phi) is 9.72. The molecule has 0 spiro atoms. The number of nitrogens with zero attached hydrogens (tertiary/aromatic N) is 1. The smallest absolute Gasteiger partial charge is 0.161 e. The molecule has 4 rings (SSSR count). The summed E-state index contributed by atoms with van der Waals surface area (Å²) in [7, 11) is 0. The number of benzene rings is 2. The molecule has 2 aromatic rings. The maximum absolute atomic E-state index is 10.3. The van der Waals surface area contributed by atoms with Gasteiger partial charge in [-0.2, -0.15) is 0 Å². The van der Waals surface area contributed by atoms with Crippen molar-refractivity contribution in [1.29, 1.82) is 0 Å². The van der Waals surface area contributed by atoms with Crippen LogP contribution in [0.25, 0.3) is 0 Å². The van der Waals surface area contributed by atoms with Crippen LogP contribution in [0.1, 0.15) is 30.1 Å². The standard InChI is InChI=1S/C23H30N2O4.2ClH/c24-15-22-18-6-7-20(26)23(27)19(18)14-21(29-22)16-8-10-25(11-9-16)12-13-28-17-4-2-1-3-5-17;;/h1-7,16,21-22,26-27H,8-15,24H2;2*1H/t21-,22-;;/m1../s1. The fraction of sp³-hybridized carbons (Fsp3) is 0.478. The number of hydrogen-bond donors (Lipinski definition) is 3. The quantitative estimate of drug-likeness (QED) is 0.558. The van der Waals surface area contributed by atoms with Gasteiger partial charge >= 0.3 is 0 Å². The number of hydrogen-bond acceptors (Lipinski definition) is 6. The molecule has 0 aliphatic carbocycles. The second-order valence-corrected chi connectivity index (χ2v) is 7.94. The molecule has 0 bridgehead atoms. The number of phenols is 2. The Morgan fingerprint density at radius 1 is 1.03 bits per heavy atom. The normalized spacial score (nSPS) is 21.5. The number of phenolic OH excluding ortho intramolecular Hbond substituents is 2. The average Bonchev–Trinajstić information content (AvgIpc) is 2.77. The molecule has 1 saturated heterocycles. The first-order chi connectivity index (χ1) is 14.2. The zero-order valence-electron chi connectivity index (χ0n) is 17.5. The SMILES string of the molecule is Cl.Cl.NC[C@H]1O[C@@H](C2CCN(CCOc3ccccc3)CC2)Cc2c1ccc(O)c2O. The number of aromatic hydroxyl groups is 2. The summed E-state index contributed by atoms with van der Waals surface area (Å²) in [6, 6.07) is 13.2. The van der Waals surface area contributed by atoms with E-state index in [2.05, 4.69) is 4.90 Å². The summed E-state index contributed by atoms with van der Waals surface area (Å²) in [4.78, 5) is 2.43. The minimum absolute atomic E-state index is 0. The molecule has 2 aliphatic rings. The molecule has 0 radical (unpaired) electrons. The van der Waals surface area contributed by atoms with E-state index in [-0.39, 0.29) is 48.5 Å². The number of para-hydroxylation sites is 1. The molecule has 0 unspecified atom stereocenters. The first-order valence-corrected chi connectivity index (χ1v) is 10.4. The summed E-state index contributed by atoms with van der Waals surface area (Å²) in [5, 5.41) is 20.2. The Labute approximate surface area is 196 Å². The maximum Gasteiger partial charge on any atom is 0.161 e. The minimum Gasteiger partial charge on any atom is -0.504 e. The summed E-state index contributed by atoms with van der Waals surface area (Å²) in [5.41, 5.74) is 7.62. The largest absolute Gasteiger partial charge is 0.504 e. The lowest BCUT2D eigenvalue weighted by Crippen LogP contribution is -2.43. The number of nitrogens with two attached hydrogens (primary N) is 1. The van der Waals surface area contributed by atoms with Crippen LogP contribution in [0, 0.1) is 5.92 Å². The molecule has 0 amide bonds. The van der Waals surface area contributed by atoms with Crippen LogP contribution >= 0.6 is 24.8 Å². The van der Waals surface area contributed by atoms with E-state index in [0.29, 0.717) is 25.5 Å². The molecule has 8 heteroatoms. The molecular weight excluding hydrogens is 439 g/mol. The molecule has 2 atom stereocenters. The van der Waals surface area contributed by atoms with Gasteiger partial charge in [0.05, 0.1) is 12.2 Å². The second-order valence-electron chi connectivity index (χ2n) is 7.94. The Balaban J connectivity index is 0.00000171. The number of fused-ring (bicyclic) bond motifs is 1. The van der Waals surface area contributed by atoms with Gasteiger partial charge in [-0.1, -0.05) is 24.3 Å². The van der Waals surface area contributed by atoms with Crippen molar-refractivity contribution in [1.82, 2.24) is 4.90 Å². The predicted molar refractivity (Wildman–Crippen MR) is 126 cm³/mol. The van der Waals surface area contributed by atoms with Crippen molar-refractivity contribution < 1.29 is 19.7 Å². The van der Waals surface area contributed by atoms with Gasteiger partial charge in [0.15, 0.2) is 11.5 Å². The van der Waals surface area contributed by atoms with Crippen molar-refractivity contribution in [2.75, 3.05) is 32.8 Å². The molecule has 0 aromatic heterocycles. The number of piperidine rings is 1. The lowest BCUT2D eigenvalue weighted by molar-refractivity contribution is -0.0650. The molecule has 31 heavy (non-hydrogen) atoms. The van der Waals surface area contributed by atoms with E-state index in [0.717, 1.165) is 49.4 Å². The van der Waals surface area contributed by atoms with Gasteiger partial charge < -0.3 is 25.4 Å². The van der Waals surface area contributed by atoms with Crippen LogP contribution in [-0.4, -0.2) is 54.0 Å². The zero-order chi connectivity index (χ0) is 20.2. The first kappa shape index (κ1) is 25.6. The molecule has 1 fully saturated rings. The Morgan fingerprint density at radius 2 is 1.74 bits per heavy atom. The number of likely N-dealkylation sites (tertiary alicyclic amines) is 1. The highest BCUT2D eigenvalue weighted by molar-refractivity contribution is 5.85. The molecular formula is C23H32Cl2N2O4. The van der Waals surface area contributed by atoms with E-state index < -0.39 is 0 Å².